The first-order valence-corrected chi connectivity index (χ1v) is 9.49. The standard InChI is InChI=1S/C24H20O4/c1-27-19-11-12-20(28-2)24-16(19)8-6-14-4-3-13-5-7-15-17(25)9-10-18(26)23(15)21(13)22(14)24/h5-6,8-12,21H,3-4,7H2,1-2H3/t21-/m1/s1. The lowest BCUT2D eigenvalue weighted by Crippen LogP contribution is -2.27. The molecule has 0 saturated carbocycles. The lowest BCUT2D eigenvalue weighted by Gasteiger charge is -2.36. The van der Waals surface area contributed by atoms with Crippen LogP contribution in [0.3, 0.4) is 0 Å². The molecule has 4 nitrogen and oxygen atoms in total. The quantitative estimate of drug-likeness (QED) is 0.585. The molecule has 4 heteroatoms. The number of carbonyl (C=O) groups is 2. The summed E-state index contributed by atoms with van der Waals surface area (Å²) in [5, 5.41) is 1.93. The SMILES string of the molecule is COc1ccc(OC)c2c3c(ccc12)CCC1=CCC2=C(C(=O)C=CC2=O)[C@H]13. The molecule has 0 spiro atoms. The molecule has 0 unspecified atom stereocenters. The van der Waals surface area contributed by atoms with Crippen molar-refractivity contribution in [3.63, 3.8) is 0 Å². The molecule has 5 rings (SSSR count). The molecule has 28 heavy (non-hydrogen) atoms. The van der Waals surface area contributed by atoms with Crippen molar-refractivity contribution in [1.29, 1.82) is 0 Å². The number of aryl methyl sites for hydroxylation is 1. The first-order valence-electron chi connectivity index (χ1n) is 9.49. The Morgan fingerprint density at radius 2 is 1.64 bits per heavy atom. The van der Waals surface area contributed by atoms with E-state index in [4.69, 9.17) is 9.47 Å². The highest BCUT2D eigenvalue weighted by Gasteiger charge is 2.38. The van der Waals surface area contributed by atoms with Crippen LogP contribution < -0.4 is 9.47 Å². The largest absolute Gasteiger partial charge is 0.496 e. The van der Waals surface area contributed by atoms with Crippen LogP contribution in [0, 0.1) is 0 Å². The van der Waals surface area contributed by atoms with Gasteiger partial charge in [0.25, 0.3) is 0 Å². The van der Waals surface area contributed by atoms with Gasteiger partial charge in [0.1, 0.15) is 11.5 Å². The fraction of sp³-hybridized carbons (Fsp3) is 0.250. The number of hydrogen-bond acceptors (Lipinski definition) is 4. The molecule has 0 radical (unpaired) electrons. The van der Waals surface area contributed by atoms with Gasteiger partial charge in [0.2, 0.25) is 0 Å². The van der Waals surface area contributed by atoms with E-state index < -0.39 is 0 Å². The van der Waals surface area contributed by atoms with E-state index in [9.17, 15) is 9.59 Å². The summed E-state index contributed by atoms with van der Waals surface area (Å²) in [4.78, 5) is 25.3. The number of fused-ring (bicyclic) bond motifs is 6. The molecule has 0 fully saturated rings. The number of hydrogen-bond donors (Lipinski definition) is 0. The first-order chi connectivity index (χ1) is 13.6. The summed E-state index contributed by atoms with van der Waals surface area (Å²) in [6.07, 6.45) is 7.31. The Morgan fingerprint density at radius 1 is 0.893 bits per heavy atom. The molecule has 0 aromatic heterocycles. The molecular weight excluding hydrogens is 352 g/mol. The van der Waals surface area contributed by atoms with Gasteiger partial charge in [-0.2, -0.15) is 0 Å². The Morgan fingerprint density at radius 3 is 2.43 bits per heavy atom. The number of carbonyl (C=O) groups excluding carboxylic acids is 2. The van der Waals surface area contributed by atoms with E-state index >= 15 is 0 Å². The van der Waals surface area contributed by atoms with Crippen molar-refractivity contribution in [2.75, 3.05) is 14.2 Å². The van der Waals surface area contributed by atoms with Crippen LogP contribution in [-0.4, -0.2) is 25.8 Å². The normalized spacial score (nSPS) is 20.5. The summed E-state index contributed by atoms with van der Waals surface area (Å²) < 4.78 is 11.3. The fourth-order valence-corrected chi connectivity index (χ4v) is 4.90. The van der Waals surface area contributed by atoms with Crippen LogP contribution in [0.15, 0.2) is 59.2 Å². The molecule has 0 amide bonds. The van der Waals surface area contributed by atoms with Crippen LogP contribution in [0.1, 0.15) is 29.9 Å². The van der Waals surface area contributed by atoms with Crippen molar-refractivity contribution < 1.29 is 19.1 Å². The summed E-state index contributed by atoms with van der Waals surface area (Å²) >= 11 is 0. The zero-order valence-electron chi connectivity index (χ0n) is 15.9. The molecule has 0 N–H and O–H groups in total. The molecule has 140 valence electrons. The second-order valence-corrected chi connectivity index (χ2v) is 7.40. The summed E-state index contributed by atoms with van der Waals surface area (Å²) in [5.74, 6) is 1.22. The lowest BCUT2D eigenvalue weighted by molar-refractivity contribution is -0.115. The number of ketones is 2. The summed E-state index contributed by atoms with van der Waals surface area (Å²) in [5.41, 5.74) is 4.77. The van der Waals surface area contributed by atoms with Crippen molar-refractivity contribution >= 4 is 22.3 Å². The lowest BCUT2D eigenvalue weighted by atomic mass is 9.67. The van der Waals surface area contributed by atoms with E-state index in [-0.39, 0.29) is 17.5 Å². The molecule has 0 aliphatic heterocycles. The van der Waals surface area contributed by atoms with Gasteiger partial charge in [0, 0.05) is 27.8 Å². The third kappa shape index (κ3) is 2.24. The summed E-state index contributed by atoms with van der Waals surface area (Å²) in [6, 6.07) is 7.99. The number of benzene rings is 2. The van der Waals surface area contributed by atoms with Gasteiger partial charge >= 0.3 is 0 Å². The molecule has 1 atom stereocenters. The van der Waals surface area contributed by atoms with Crippen LogP contribution in [0.25, 0.3) is 10.8 Å². The number of ether oxygens (including phenoxy) is 2. The third-order valence-corrected chi connectivity index (χ3v) is 6.15. The van der Waals surface area contributed by atoms with E-state index in [0.717, 1.165) is 40.7 Å². The topological polar surface area (TPSA) is 52.6 Å². The van der Waals surface area contributed by atoms with Gasteiger partial charge < -0.3 is 9.47 Å². The van der Waals surface area contributed by atoms with Gasteiger partial charge in [0.05, 0.1) is 14.2 Å². The van der Waals surface area contributed by atoms with Gasteiger partial charge in [-0.1, -0.05) is 23.8 Å². The minimum Gasteiger partial charge on any atom is -0.496 e. The van der Waals surface area contributed by atoms with Gasteiger partial charge in [-0.15, -0.1) is 0 Å². The Kier molecular flexibility index (Phi) is 3.76. The van der Waals surface area contributed by atoms with Crippen LogP contribution in [-0.2, 0) is 16.0 Å². The zero-order valence-corrected chi connectivity index (χ0v) is 15.9. The van der Waals surface area contributed by atoms with E-state index in [2.05, 4.69) is 18.2 Å². The van der Waals surface area contributed by atoms with E-state index in [1.807, 2.05) is 12.1 Å². The number of methoxy groups -OCH3 is 2. The second kappa shape index (κ2) is 6.20. The average Bonchev–Trinajstić information content (AvgIpc) is 2.74. The fourth-order valence-electron chi connectivity index (χ4n) is 4.90. The van der Waals surface area contributed by atoms with Gasteiger partial charge in [-0.05, 0) is 54.7 Å². The average molecular weight is 372 g/mol. The van der Waals surface area contributed by atoms with E-state index in [1.54, 1.807) is 14.2 Å². The molecule has 2 aromatic carbocycles. The summed E-state index contributed by atoms with van der Waals surface area (Å²) in [7, 11) is 3.31. The van der Waals surface area contributed by atoms with E-state index in [0.29, 0.717) is 17.6 Å². The van der Waals surface area contributed by atoms with Crippen molar-refractivity contribution in [3.05, 3.63) is 70.3 Å². The molecular formula is C24H20O4. The predicted molar refractivity (Wildman–Crippen MR) is 107 cm³/mol. The van der Waals surface area contributed by atoms with Crippen LogP contribution in [0.2, 0.25) is 0 Å². The van der Waals surface area contributed by atoms with E-state index in [1.165, 1.54) is 23.3 Å². The predicted octanol–water partition coefficient (Wildman–Crippen LogP) is 4.22. The van der Waals surface area contributed by atoms with Gasteiger partial charge in [-0.25, -0.2) is 0 Å². The molecule has 0 heterocycles. The monoisotopic (exact) mass is 372 g/mol. The summed E-state index contributed by atoms with van der Waals surface area (Å²) in [6.45, 7) is 0. The van der Waals surface area contributed by atoms with Crippen molar-refractivity contribution in [3.8, 4) is 11.5 Å². The van der Waals surface area contributed by atoms with Gasteiger partial charge in [-0.3, -0.25) is 9.59 Å². The Labute approximate surface area is 163 Å². The highest BCUT2D eigenvalue weighted by molar-refractivity contribution is 6.21. The van der Waals surface area contributed by atoms with Crippen molar-refractivity contribution in [2.45, 2.75) is 25.2 Å². The smallest absolute Gasteiger partial charge is 0.183 e. The van der Waals surface area contributed by atoms with Crippen LogP contribution >= 0.6 is 0 Å². The van der Waals surface area contributed by atoms with Crippen LogP contribution in [0.5, 0.6) is 11.5 Å². The zero-order chi connectivity index (χ0) is 19.4. The van der Waals surface area contributed by atoms with Crippen LogP contribution in [0.4, 0.5) is 0 Å². The molecule has 2 aromatic rings. The molecule has 0 bridgehead atoms. The Bertz CT molecular complexity index is 1150. The first kappa shape index (κ1) is 17.0. The Balaban J connectivity index is 1.87. The molecule has 0 saturated heterocycles. The maximum atomic E-state index is 12.9. The van der Waals surface area contributed by atoms with Crippen molar-refractivity contribution in [1.82, 2.24) is 0 Å². The second-order valence-electron chi connectivity index (χ2n) is 7.40. The molecule has 3 aliphatic carbocycles. The maximum Gasteiger partial charge on any atom is 0.183 e. The van der Waals surface area contributed by atoms with Crippen molar-refractivity contribution in [2.24, 2.45) is 0 Å². The highest BCUT2D eigenvalue weighted by Crippen LogP contribution is 2.51. The number of rotatable bonds is 2. The van der Waals surface area contributed by atoms with Gasteiger partial charge in [0.15, 0.2) is 11.6 Å². The molecule has 3 aliphatic rings. The Hall–Kier alpha value is -3.14. The maximum absolute atomic E-state index is 12.9. The minimum absolute atomic E-state index is 0.0539. The number of allylic oxidation sites excluding steroid dienone is 6. The minimum atomic E-state index is -0.196. The highest BCUT2D eigenvalue weighted by atomic mass is 16.5. The third-order valence-electron chi connectivity index (χ3n) is 6.15.